The fourth-order valence-electron chi connectivity index (χ4n) is 5.34. The Morgan fingerprint density at radius 3 is 2.67 bits per heavy atom. The fraction of sp³-hybridized carbons (Fsp3) is 0.640. The molecule has 198 valence electrons. The average molecular weight is 527 g/mol. The summed E-state index contributed by atoms with van der Waals surface area (Å²) in [5, 5.41) is 15.1. The van der Waals surface area contributed by atoms with E-state index < -0.39 is 41.3 Å². The summed E-state index contributed by atoms with van der Waals surface area (Å²) < 4.78 is 29.0. The van der Waals surface area contributed by atoms with Crippen LogP contribution in [0.25, 0.3) is 0 Å². The molecule has 0 bridgehead atoms. The molecule has 0 spiro atoms. The molecule has 0 radical (unpaired) electrons. The first kappa shape index (κ1) is 26.4. The zero-order valence-corrected chi connectivity index (χ0v) is 21.1. The summed E-state index contributed by atoms with van der Waals surface area (Å²) in [7, 11) is 0. The van der Waals surface area contributed by atoms with Crippen molar-refractivity contribution in [1.29, 1.82) is 0 Å². The van der Waals surface area contributed by atoms with Crippen molar-refractivity contribution in [1.82, 2.24) is 14.9 Å². The van der Waals surface area contributed by atoms with Crippen molar-refractivity contribution in [3.8, 4) is 5.75 Å². The Morgan fingerprint density at radius 2 is 2.00 bits per heavy atom. The Labute approximate surface area is 213 Å². The molecule has 0 saturated heterocycles. The third kappa shape index (κ3) is 5.23. The molecule has 11 heteroatoms. The molecular weight excluding hydrogens is 494 g/mol. The molecule has 8 nitrogen and oxygen atoms in total. The van der Waals surface area contributed by atoms with E-state index in [9.17, 15) is 28.3 Å². The van der Waals surface area contributed by atoms with E-state index in [1.165, 1.54) is 15.8 Å². The maximum atomic E-state index is 14.2. The van der Waals surface area contributed by atoms with Crippen LogP contribution >= 0.6 is 11.6 Å². The van der Waals surface area contributed by atoms with Gasteiger partial charge in [-0.1, -0.05) is 12.2 Å². The molecule has 1 aliphatic heterocycles. The highest BCUT2D eigenvalue weighted by atomic mass is 35.5. The predicted molar refractivity (Wildman–Crippen MR) is 133 cm³/mol. The Kier molecular flexibility index (Phi) is 7.92. The number of alkyl halides is 3. The fourth-order valence-corrected chi connectivity index (χ4v) is 5.66. The van der Waals surface area contributed by atoms with Crippen molar-refractivity contribution >= 4 is 23.4 Å². The first-order valence-electron chi connectivity index (χ1n) is 12.5. The van der Waals surface area contributed by atoms with E-state index in [1.54, 1.807) is 11.9 Å². The minimum Gasteiger partial charge on any atom is -0.502 e. The van der Waals surface area contributed by atoms with E-state index >= 15 is 0 Å². The highest BCUT2D eigenvalue weighted by Crippen LogP contribution is 2.33. The molecule has 5 atom stereocenters. The number of nitrogens with one attached hydrogen (secondary N) is 1. The summed E-state index contributed by atoms with van der Waals surface area (Å²) in [5.41, 5.74) is -0.528. The molecule has 1 aromatic heterocycles. The van der Waals surface area contributed by atoms with E-state index in [1.807, 2.05) is 0 Å². The lowest BCUT2D eigenvalue weighted by atomic mass is 9.85. The van der Waals surface area contributed by atoms with Crippen LogP contribution < -0.4 is 15.8 Å². The number of halogens is 3. The first-order chi connectivity index (χ1) is 17.1. The molecule has 3 aliphatic rings. The maximum absolute atomic E-state index is 14.2. The number of carbonyl (C=O) groups is 2. The van der Waals surface area contributed by atoms with Crippen LogP contribution in [0.1, 0.15) is 66.3 Å². The van der Waals surface area contributed by atoms with Gasteiger partial charge in [0, 0.05) is 43.5 Å². The summed E-state index contributed by atoms with van der Waals surface area (Å²) in [6.45, 7) is 6.94. The van der Waals surface area contributed by atoms with Gasteiger partial charge in [0.05, 0.1) is 0 Å². The van der Waals surface area contributed by atoms with E-state index in [0.717, 1.165) is 18.4 Å². The van der Waals surface area contributed by atoms with Crippen molar-refractivity contribution in [2.75, 3.05) is 31.3 Å². The number of pyridine rings is 1. The van der Waals surface area contributed by atoms with Gasteiger partial charge in [-0.3, -0.25) is 24.1 Å². The van der Waals surface area contributed by atoms with Gasteiger partial charge >= 0.3 is 0 Å². The number of rotatable bonds is 6. The first-order valence-corrected chi connectivity index (χ1v) is 13.0. The van der Waals surface area contributed by atoms with Crippen LogP contribution in [-0.2, 0) is 0 Å². The van der Waals surface area contributed by atoms with Crippen LogP contribution in [0.5, 0.6) is 5.75 Å². The third-order valence-corrected chi connectivity index (χ3v) is 7.98. The molecule has 0 aromatic carbocycles. The monoisotopic (exact) mass is 526 g/mol. The summed E-state index contributed by atoms with van der Waals surface area (Å²) in [5.74, 6) is -2.56. The number of hydrogen-bond donors (Lipinski definition) is 2. The lowest BCUT2D eigenvalue weighted by Crippen LogP contribution is -2.56. The second kappa shape index (κ2) is 10.8. The highest BCUT2D eigenvalue weighted by molar-refractivity contribution is 6.20. The summed E-state index contributed by atoms with van der Waals surface area (Å²) in [6, 6.07) is 0. The van der Waals surface area contributed by atoms with Crippen molar-refractivity contribution in [3.05, 3.63) is 39.8 Å². The van der Waals surface area contributed by atoms with Crippen LogP contribution in [-0.4, -0.2) is 70.5 Å². The zero-order valence-electron chi connectivity index (χ0n) is 20.4. The molecule has 2 saturated carbocycles. The molecule has 5 unspecified atom stereocenters. The van der Waals surface area contributed by atoms with Gasteiger partial charge in [-0.05, 0) is 44.9 Å². The van der Waals surface area contributed by atoms with Gasteiger partial charge in [-0.15, -0.1) is 11.6 Å². The Hall–Kier alpha value is -2.62. The second-order valence-electron chi connectivity index (χ2n) is 10.0. The Morgan fingerprint density at radius 1 is 1.25 bits per heavy atom. The molecule has 2 amide bonds. The molecule has 2 heterocycles. The highest BCUT2D eigenvalue weighted by Gasteiger charge is 2.36. The molecule has 2 fully saturated rings. The smallest absolute Gasteiger partial charge is 0.277 e. The van der Waals surface area contributed by atoms with Gasteiger partial charge in [-0.25, -0.2) is 8.78 Å². The quantitative estimate of drug-likeness (QED) is 0.439. The van der Waals surface area contributed by atoms with Crippen molar-refractivity contribution in [3.63, 3.8) is 0 Å². The zero-order chi connectivity index (χ0) is 26.1. The number of carbonyl (C=O) groups excluding carboxylic acids is 2. The molecule has 4 rings (SSSR count). The minimum atomic E-state index is -1.38. The van der Waals surface area contributed by atoms with E-state index in [0.29, 0.717) is 25.9 Å². The van der Waals surface area contributed by atoms with Crippen LogP contribution in [0.4, 0.5) is 8.78 Å². The lowest BCUT2D eigenvalue weighted by Gasteiger charge is -2.42. The standard InChI is InChI=1S/C25H33ClF2N4O4/c1-3-30-13-31(11-16-4-6-17(26)8-14(16)2)32-12-19(22(33)23(34)21(32)25(30)36)24(35)29-10-15-5-7-18(27)9-20(15)28/h12,15-18,20,34H,2-11,13H2,1H3,(H,29,35). The summed E-state index contributed by atoms with van der Waals surface area (Å²) in [6.07, 6.45) is 1.34. The number of amides is 2. The van der Waals surface area contributed by atoms with Crippen LogP contribution in [0.3, 0.4) is 0 Å². The maximum Gasteiger partial charge on any atom is 0.277 e. The second-order valence-corrected chi connectivity index (χ2v) is 10.7. The van der Waals surface area contributed by atoms with E-state index in [2.05, 4.69) is 11.9 Å². The Balaban J connectivity index is 1.60. The van der Waals surface area contributed by atoms with Crippen LogP contribution in [0, 0.1) is 11.8 Å². The summed E-state index contributed by atoms with van der Waals surface area (Å²) in [4.78, 5) is 40.3. The number of nitrogens with zero attached hydrogens (tertiary/aromatic N) is 3. The normalized spacial score (nSPS) is 28.7. The van der Waals surface area contributed by atoms with Crippen molar-refractivity contribution < 1.29 is 23.5 Å². The summed E-state index contributed by atoms with van der Waals surface area (Å²) >= 11 is 6.27. The largest absolute Gasteiger partial charge is 0.502 e. The minimum absolute atomic E-state index is 0.0370. The lowest BCUT2D eigenvalue weighted by molar-refractivity contribution is 0.0691. The van der Waals surface area contributed by atoms with Gasteiger partial charge in [0.1, 0.15) is 24.6 Å². The Bertz CT molecular complexity index is 1100. The number of fused-ring (bicyclic) bond motifs is 1. The van der Waals surface area contributed by atoms with Gasteiger partial charge in [0.15, 0.2) is 11.4 Å². The average Bonchev–Trinajstić information content (AvgIpc) is 2.83. The van der Waals surface area contributed by atoms with Crippen LogP contribution in [0.2, 0.25) is 0 Å². The molecular formula is C25H33ClF2N4O4. The van der Waals surface area contributed by atoms with Gasteiger partial charge in [-0.2, -0.15) is 0 Å². The van der Waals surface area contributed by atoms with Gasteiger partial charge < -0.3 is 15.3 Å². The molecule has 36 heavy (non-hydrogen) atoms. The number of aromatic nitrogens is 1. The van der Waals surface area contributed by atoms with E-state index in [-0.39, 0.29) is 48.6 Å². The van der Waals surface area contributed by atoms with E-state index in [4.69, 9.17) is 11.6 Å². The van der Waals surface area contributed by atoms with Crippen molar-refractivity contribution in [2.45, 2.75) is 63.2 Å². The number of aromatic hydroxyl groups is 1. The van der Waals surface area contributed by atoms with Gasteiger partial charge in [0.25, 0.3) is 11.8 Å². The van der Waals surface area contributed by atoms with Crippen LogP contribution in [0.15, 0.2) is 23.1 Å². The number of hydrogen-bond acceptors (Lipinski definition) is 5. The third-order valence-electron chi connectivity index (χ3n) is 7.61. The van der Waals surface area contributed by atoms with Gasteiger partial charge in [0.2, 0.25) is 5.43 Å². The molecule has 2 aliphatic carbocycles. The van der Waals surface area contributed by atoms with Crippen molar-refractivity contribution in [2.24, 2.45) is 11.8 Å². The predicted octanol–water partition coefficient (Wildman–Crippen LogP) is 3.09. The molecule has 1 aromatic rings. The SMILES string of the molecule is C=C1CC(Cl)CCC1CN1CN(CC)C(=O)c2c(O)c(=O)c(C(=O)NCC3CCC(F)CC3F)cn21. The molecule has 2 N–H and O–H groups in total. The topological polar surface area (TPSA) is 94.9 Å².